The van der Waals surface area contributed by atoms with Crippen LogP contribution < -0.4 is 10.1 Å². The number of nitrogens with one attached hydrogen (secondary N) is 1. The maximum atomic E-state index is 12.1. The maximum Gasteiger partial charge on any atom is 0.573 e. The fourth-order valence-electron chi connectivity index (χ4n) is 1.46. The number of halogens is 4. The Labute approximate surface area is 117 Å². The van der Waals surface area contributed by atoms with Crippen molar-refractivity contribution in [2.45, 2.75) is 25.7 Å². The summed E-state index contributed by atoms with van der Waals surface area (Å²) in [6.45, 7) is 1.46. The van der Waals surface area contributed by atoms with Gasteiger partial charge < -0.3 is 15.2 Å². The molecule has 0 fully saturated rings. The summed E-state index contributed by atoms with van der Waals surface area (Å²) in [5.41, 5.74) is 0.852. The molecule has 2 N–H and O–H groups in total. The molecule has 0 spiro atoms. The number of unbranched alkanes of at least 4 members (excludes halogenated alkanes) is 1. The van der Waals surface area contributed by atoms with Gasteiger partial charge >= 0.3 is 6.36 Å². The van der Waals surface area contributed by atoms with Crippen LogP contribution in [0.15, 0.2) is 22.7 Å². The highest BCUT2D eigenvalue weighted by molar-refractivity contribution is 9.10. The van der Waals surface area contributed by atoms with E-state index in [9.17, 15) is 13.2 Å². The molecule has 108 valence electrons. The average molecular weight is 342 g/mol. The van der Waals surface area contributed by atoms with Crippen LogP contribution in [0.4, 0.5) is 13.2 Å². The minimum atomic E-state index is -4.69. The summed E-state index contributed by atoms with van der Waals surface area (Å²) in [5.74, 6) is -0.253. The van der Waals surface area contributed by atoms with E-state index in [0.29, 0.717) is 6.54 Å². The van der Waals surface area contributed by atoms with Crippen molar-refractivity contribution in [3.05, 3.63) is 28.2 Å². The minimum Gasteiger partial charge on any atom is -0.405 e. The van der Waals surface area contributed by atoms with Gasteiger partial charge in [-0.25, -0.2) is 0 Å². The van der Waals surface area contributed by atoms with E-state index in [1.165, 1.54) is 6.07 Å². The van der Waals surface area contributed by atoms with Crippen LogP contribution in [0.25, 0.3) is 0 Å². The lowest BCUT2D eigenvalue weighted by Crippen LogP contribution is -2.18. The molecule has 0 aromatic heterocycles. The Morgan fingerprint density at radius 3 is 2.58 bits per heavy atom. The molecule has 0 aliphatic heterocycles. The summed E-state index contributed by atoms with van der Waals surface area (Å²) in [6, 6.07) is 4.44. The third-order valence-corrected chi connectivity index (χ3v) is 2.93. The van der Waals surface area contributed by atoms with Crippen molar-refractivity contribution < 1.29 is 23.0 Å². The molecule has 0 aliphatic rings. The number of rotatable bonds is 7. The highest BCUT2D eigenvalue weighted by atomic mass is 79.9. The van der Waals surface area contributed by atoms with E-state index >= 15 is 0 Å². The number of hydrogen-bond donors (Lipinski definition) is 2. The van der Waals surface area contributed by atoms with Crippen LogP contribution in [0.3, 0.4) is 0 Å². The first kappa shape index (κ1) is 16.3. The molecule has 0 atom stereocenters. The second-order valence-corrected chi connectivity index (χ2v) is 4.77. The van der Waals surface area contributed by atoms with Crippen molar-refractivity contribution in [1.82, 2.24) is 5.32 Å². The van der Waals surface area contributed by atoms with Gasteiger partial charge in [0.05, 0.1) is 4.47 Å². The Bertz CT molecular complexity index is 399. The summed E-state index contributed by atoms with van der Waals surface area (Å²) in [6.07, 6.45) is -3.10. The first-order chi connectivity index (χ1) is 8.92. The lowest BCUT2D eigenvalue weighted by Gasteiger charge is -2.12. The van der Waals surface area contributed by atoms with Gasteiger partial charge in [-0.3, -0.25) is 0 Å². The zero-order chi connectivity index (χ0) is 14.3. The average Bonchev–Trinajstić information content (AvgIpc) is 2.31. The first-order valence-corrected chi connectivity index (χ1v) is 6.57. The van der Waals surface area contributed by atoms with E-state index < -0.39 is 6.36 Å². The molecule has 19 heavy (non-hydrogen) atoms. The van der Waals surface area contributed by atoms with Crippen molar-refractivity contribution in [3.8, 4) is 5.75 Å². The highest BCUT2D eigenvalue weighted by Crippen LogP contribution is 2.30. The molecule has 0 radical (unpaired) electrons. The number of aliphatic hydroxyl groups excluding tert-OH is 1. The molecular formula is C12H15BrF3NO2. The Balaban J connectivity index is 2.47. The van der Waals surface area contributed by atoms with Gasteiger partial charge in [-0.15, -0.1) is 13.2 Å². The molecule has 0 saturated heterocycles. The van der Waals surface area contributed by atoms with Gasteiger partial charge in [0.2, 0.25) is 0 Å². The number of ether oxygens (including phenoxy) is 1. The number of alkyl halides is 3. The molecular weight excluding hydrogens is 327 g/mol. The van der Waals surface area contributed by atoms with Crippen LogP contribution in [0.1, 0.15) is 18.4 Å². The van der Waals surface area contributed by atoms with Crippen molar-refractivity contribution >= 4 is 15.9 Å². The summed E-state index contributed by atoms with van der Waals surface area (Å²) < 4.78 is 40.3. The lowest BCUT2D eigenvalue weighted by molar-refractivity contribution is -0.274. The maximum absolute atomic E-state index is 12.1. The van der Waals surface area contributed by atoms with Crippen LogP contribution >= 0.6 is 15.9 Å². The Hall–Kier alpha value is -0.790. The van der Waals surface area contributed by atoms with Crippen molar-refractivity contribution in [1.29, 1.82) is 0 Å². The largest absolute Gasteiger partial charge is 0.573 e. The van der Waals surface area contributed by atoms with Gasteiger partial charge in [-0.05, 0) is 53.0 Å². The lowest BCUT2D eigenvalue weighted by atomic mass is 10.2. The fourth-order valence-corrected chi connectivity index (χ4v) is 1.96. The molecule has 0 unspecified atom stereocenters. The molecule has 0 bridgehead atoms. The predicted octanol–water partition coefficient (Wildman–Crippen LogP) is 3.21. The molecule has 1 rings (SSSR count). The topological polar surface area (TPSA) is 41.5 Å². The zero-order valence-electron chi connectivity index (χ0n) is 10.1. The Kier molecular flexibility index (Phi) is 6.60. The fraction of sp³-hybridized carbons (Fsp3) is 0.500. The van der Waals surface area contributed by atoms with E-state index in [1.54, 1.807) is 12.1 Å². The van der Waals surface area contributed by atoms with Crippen molar-refractivity contribution in [2.75, 3.05) is 13.2 Å². The highest BCUT2D eigenvalue weighted by Gasteiger charge is 2.31. The summed E-state index contributed by atoms with van der Waals surface area (Å²) in [4.78, 5) is 0. The standard InChI is InChI=1S/C12H15BrF3NO2/c13-10-7-9(8-17-5-1-2-6-18)3-4-11(10)19-12(14,15)16/h3-4,7,17-18H,1-2,5-6,8H2. The van der Waals surface area contributed by atoms with Crippen LogP contribution in [-0.4, -0.2) is 24.6 Å². The molecule has 0 saturated carbocycles. The number of aliphatic hydroxyl groups is 1. The van der Waals surface area contributed by atoms with Gasteiger partial charge in [-0.2, -0.15) is 0 Å². The minimum absolute atomic E-state index is 0.163. The quantitative estimate of drug-likeness (QED) is 0.748. The van der Waals surface area contributed by atoms with E-state index in [1.807, 2.05) is 0 Å². The molecule has 0 amide bonds. The van der Waals surface area contributed by atoms with E-state index in [2.05, 4.69) is 26.0 Å². The zero-order valence-corrected chi connectivity index (χ0v) is 11.7. The monoisotopic (exact) mass is 341 g/mol. The third kappa shape index (κ3) is 6.79. The van der Waals surface area contributed by atoms with Crippen LogP contribution in [0.5, 0.6) is 5.75 Å². The van der Waals surface area contributed by atoms with Crippen LogP contribution in [0.2, 0.25) is 0 Å². The molecule has 3 nitrogen and oxygen atoms in total. The third-order valence-electron chi connectivity index (χ3n) is 2.31. The molecule has 7 heteroatoms. The van der Waals surface area contributed by atoms with E-state index in [0.717, 1.165) is 24.9 Å². The Morgan fingerprint density at radius 1 is 1.26 bits per heavy atom. The van der Waals surface area contributed by atoms with Crippen LogP contribution in [0, 0.1) is 0 Å². The molecule has 1 aromatic carbocycles. The molecule has 1 aromatic rings. The van der Waals surface area contributed by atoms with Crippen molar-refractivity contribution in [2.24, 2.45) is 0 Å². The summed E-state index contributed by atoms with van der Waals surface area (Å²) in [5, 5.41) is 11.7. The SMILES string of the molecule is OCCCCNCc1ccc(OC(F)(F)F)c(Br)c1. The van der Waals surface area contributed by atoms with Gasteiger partial charge in [0.1, 0.15) is 5.75 Å². The first-order valence-electron chi connectivity index (χ1n) is 5.78. The smallest absolute Gasteiger partial charge is 0.405 e. The second-order valence-electron chi connectivity index (χ2n) is 3.92. The van der Waals surface area contributed by atoms with Gasteiger partial charge in [-0.1, -0.05) is 6.07 Å². The predicted molar refractivity (Wildman–Crippen MR) is 68.9 cm³/mol. The van der Waals surface area contributed by atoms with Crippen molar-refractivity contribution in [3.63, 3.8) is 0 Å². The molecule has 0 aliphatic carbocycles. The normalized spacial score (nSPS) is 11.6. The summed E-state index contributed by atoms with van der Waals surface area (Å²) >= 11 is 3.05. The summed E-state index contributed by atoms with van der Waals surface area (Å²) in [7, 11) is 0. The van der Waals surface area contributed by atoms with Gasteiger partial charge in [0.15, 0.2) is 0 Å². The van der Waals surface area contributed by atoms with Gasteiger partial charge in [0.25, 0.3) is 0 Å². The van der Waals surface area contributed by atoms with Gasteiger partial charge in [0, 0.05) is 13.2 Å². The molecule has 0 heterocycles. The number of hydrogen-bond acceptors (Lipinski definition) is 3. The van der Waals surface area contributed by atoms with Crippen LogP contribution in [-0.2, 0) is 6.54 Å². The Morgan fingerprint density at radius 2 is 2.00 bits per heavy atom. The van der Waals surface area contributed by atoms with E-state index in [-0.39, 0.29) is 16.8 Å². The second kappa shape index (κ2) is 7.72. The van der Waals surface area contributed by atoms with E-state index in [4.69, 9.17) is 5.11 Å². The number of benzene rings is 1.